The summed E-state index contributed by atoms with van der Waals surface area (Å²) in [4.78, 5) is 7.50. The first-order chi connectivity index (χ1) is 23.7. The van der Waals surface area contributed by atoms with E-state index in [-0.39, 0.29) is 0 Å². The molecule has 0 unspecified atom stereocenters. The molecule has 2 heterocycles. The number of nitrogens with zero attached hydrogens (tertiary/aromatic N) is 4. The molecule has 2 aromatic heterocycles. The zero-order chi connectivity index (χ0) is 32.2. The summed E-state index contributed by atoms with van der Waals surface area (Å²) in [5.41, 5.74) is 11.9. The molecule has 4 heteroatoms. The van der Waals surface area contributed by atoms with Gasteiger partial charge in [-0.05, 0) is 76.9 Å². The lowest BCUT2D eigenvalue weighted by molar-refractivity contribution is 1.17. The normalized spacial score (nSPS) is 11.3. The van der Waals surface area contributed by atoms with Gasteiger partial charge in [-0.2, -0.15) is 0 Å². The Balaban J connectivity index is 1.31. The van der Waals surface area contributed by atoms with Crippen molar-refractivity contribution in [3.8, 4) is 33.6 Å². The van der Waals surface area contributed by atoms with Crippen molar-refractivity contribution < 1.29 is 0 Å². The van der Waals surface area contributed by atoms with Crippen molar-refractivity contribution in [2.45, 2.75) is 0 Å². The van der Waals surface area contributed by atoms with Crippen LogP contribution in [-0.2, 0) is 0 Å². The minimum absolute atomic E-state index is 0.617. The molecule has 0 bridgehead atoms. The second-order valence-electron chi connectivity index (χ2n) is 12.0. The summed E-state index contributed by atoms with van der Waals surface area (Å²) in [5, 5.41) is 4.56. The molecular formula is C44H26N4. The standard InChI is InChI=1S/C44H26N4/c1-45-33-19-21-39-37-15-6-8-17-41(37)47(43(39)27-33)35-14-10-13-30(24-35)32-23-31(29-11-4-3-5-12-29)25-36(26-32)48-42-18-9-7-16-38(42)40-22-20-34(46-2)28-44(40)48/h3-28H. The summed E-state index contributed by atoms with van der Waals surface area (Å²) < 4.78 is 4.56. The monoisotopic (exact) mass is 610 g/mol. The Morgan fingerprint density at radius 2 is 0.812 bits per heavy atom. The van der Waals surface area contributed by atoms with Crippen molar-refractivity contribution in [2.75, 3.05) is 0 Å². The minimum Gasteiger partial charge on any atom is -0.310 e. The molecule has 0 aliphatic rings. The van der Waals surface area contributed by atoms with E-state index in [0.29, 0.717) is 11.4 Å². The van der Waals surface area contributed by atoms with Crippen LogP contribution in [0.1, 0.15) is 0 Å². The predicted octanol–water partition coefficient (Wildman–Crippen LogP) is 12.3. The first kappa shape index (κ1) is 27.4. The summed E-state index contributed by atoms with van der Waals surface area (Å²) in [6, 6.07) is 54.7. The summed E-state index contributed by atoms with van der Waals surface area (Å²) in [5.74, 6) is 0. The summed E-state index contributed by atoms with van der Waals surface area (Å²) >= 11 is 0. The van der Waals surface area contributed by atoms with E-state index < -0.39 is 0 Å². The molecule has 0 spiro atoms. The molecule has 0 radical (unpaired) electrons. The van der Waals surface area contributed by atoms with Gasteiger partial charge in [0.1, 0.15) is 0 Å². The molecule has 0 fully saturated rings. The van der Waals surface area contributed by atoms with Crippen LogP contribution in [-0.4, -0.2) is 9.13 Å². The average molecular weight is 611 g/mol. The van der Waals surface area contributed by atoms with Gasteiger partial charge in [0.05, 0.1) is 24.2 Å². The quantitative estimate of drug-likeness (QED) is 0.177. The lowest BCUT2D eigenvalue weighted by atomic mass is 9.97. The van der Waals surface area contributed by atoms with Crippen molar-refractivity contribution in [3.63, 3.8) is 0 Å². The zero-order valence-electron chi connectivity index (χ0n) is 25.8. The molecule has 0 saturated heterocycles. The largest absolute Gasteiger partial charge is 0.310 e. The van der Waals surface area contributed by atoms with Gasteiger partial charge in [-0.1, -0.05) is 103 Å². The van der Waals surface area contributed by atoms with Crippen molar-refractivity contribution in [1.29, 1.82) is 0 Å². The summed E-state index contributed by atoms with van der Waals surface area (Å²) in [6.45, 7) is 15.4. The molecule has 48 heavy (non-hydrogen) atoms. The molecule has 0 aliphatic carbocycles. The predicted molar refractivity (Wildman–Crippen MR) is 199 cm³/mol. The van der Waals surface area contributed by atoms with Crippen LogP contribution in [0.5, 0.6) is 0 Å². The fraction of sp³-hybridized carbons (Fsp3) is 0. The molecule has 0 aliphatic heterocycles. The van der Waals surface area contributed by atoms with Gasteiger partial charge in [0, 0.05) is 44.0 Å². The van der Waals surface area contributed by atoms with Crippen LogP contribution in [0.25, 0.3) is 86.9 Å². The highest BCUT2D eigenvalue weighted by Gasteiger charge is 2.17. The van der Waals surface area contributed by atoms with Gasteiger partial charge in [0.25, 0.3) is 0 Å². The van der Waals surface area contributed by atoms with Crippen molar-refractivity contribution in [3.05, 3.63) is 181 Å². The molecular weight excluding hydrogens is 585 g/mol. The van der Waals surface area contributed by atoms with E-state index in [1.54, 1.807) is 0 Å². The van der Waals surface area contributed by atoms with Crippen molar-refractivity contribution >= 4 is 55.0 Å². The summed E-state index contributed by atoms with van der Waals surface area (Å²) in [7, 11) is 0. The minimum atomic E-state index is 0.617. The third kappa shape index (κ3) is 4.29. The van der Waals surface area contributed by atoms with Gasteiger partial charge in [-0.3, -0.25) is 0 Å². The van der Waals surface area contributed by atoms with Crippen LogP contribution in [0.15, 0.2) is 158 Å². The number of aromatic nitrogens is 2. The first-order valence-electron chi connectivity index (χ1n) is 15.8. The van der Waals surface area contributed by atoms with E-state index in [1.807, 2.05) is 30.3 Å². The van der Waals surface area contributed by atoms with Crippen molar-refractivity contribution in [1.82, 2.24) is 9.13 Å². The Bertz CT molecular complexity index is 2800. The molecule has 222 valence electrons. The van der Waals surface area contributed by atoms with E-state index >= 15 is 0 Å². The molecule has 0 amide bonds. The Labute approximate surface area is 277 Å². The third-order valence-electron chi connectivity index (χ3n) is 9.29. The van der Waals surface area contributed by atoms with E-state index in [1.165, 1.54) is 0 Å². The maximum atomic E-state index is 7.72. The number of hydrogen-bond donors (Lipinski definition) is 0. The van der Waals surface area contributed by atoms with Gasteiger partial charge in [-0.25, -0.2) is 9.69 Å². The number of hydrogen-bond acceptors (Lipinski definition) is 0. The topological polar surface area (TPSA) is 18.6 Å². The third-order valence-corrected chi connectivity index (χ3v) is 9.29. The van der Waals surface area contributed by atoms with E-state index in [0.717, 1.165) is 77.2 Å². The smallest absolute Gasteiger partial charge is 0.189 e. The van der Waals surface area contributed by atoms with Crippen LogP contribution in [0.3, 0.4) is 0 Å². The van der Waals surface area contributed by atoms with Gasteiger partial charge >= 0.3 is 0 Å². The Morgan fingerprint density at radius 1 is 0.333 bits per heavy atom. The second-order valence-corrected chi connectivity index (χ2v) is 12.0. The highest BCUT2D eigenvalue weighted by molar-refractivity contribution is 6.11. The van der Waals surface area contributed by atoms with Gasteiger partial charge in [-0.15, -0.1) is 0 Å². The van der Waals surface area contributed by atoms with E-state index in [9.17, 15) is 0 Å². The Kier molecular flexibility index (Phi) is 6.22. The number of fused-ring (bicyclic) bond motifs is 6. The molecule has 4 nitrogen and oxygen atoms in total. The number of rotatable bonds is 4. The lowest BCUT2D eigenvalue weighted by Crippen LogP contribution is -1.97. The fourth-order valence-corrected chi connectivity index (χ4v) is 7.14. The Hall–Kier alpha value is -6.88. The van der Waals surface area contributed by atoms with Gasteiger partial charge in [0.2, 0.25) is 0 Å². The van der Waals surface area contributed by atoms with Crippen LogP contribution in [0.2, 0.25) is 0 Å². The van der Waals surface area contributed by atoms with E-state index in [4.69, 9.17) is 13.1 Å². The molecule has 9 aromatic rings. The lowest BCUT2D eigenvalue weighted by Gasteiger charge is -2.15. The number of para-hydroxylation sites is 2. The zero-order valence-corrected chi connectivity index (χ0v) is 25.8. The molecule has 0 saturated carbocycles. The van der Waals surface area contributed by atoms with E-state index in [2.05, 4.69) is 146 Å². The molecule has 0 N–H and O–H groups in total. The average Bonchev–Trinajstić information content (AvgIpc) is 3.67. The van der Waals surface area contributed by atoms with Crippen LogP contribution in [0.4, 0.5) is 11.4 Å². The van der Waals surface area contributed by atoms with Crippen molar-refractivity contribution in [2.24, 2.45) is 0 Å². The van der Waals surface area contributed by atoms with Gasteiger partial charge < -0.3 is 9.13 Å². The van der Waals surface area contributed by atoms with Crippen LogP contribution >= 0.6 is 0 Å². The molecule has 9 rings (SSSR count). The maximum absolute atomic E-state index is 7.72. The van der Waals surface area contributed by atoms with Gasteiger partial charge in [0.15, 0.2) is 11.4 Å². The number of benzene rings is 7. The molecule has 7 aromatic carbocycles. The summed E-state index contributed by atoms with van der Waals surface area (Å²) in [6.07, 6.45) is 0. The second kappa shape index (κ2) is 10.9. The first-order valence-corrected chi connectivity index (χ1v) is 15.8. The molecule has 0 atom stereocenters. The highest BCUT2D eigenvalue weighted by atomic mass is 15.0. The fourth-order valence-electron chi connectivity index (χ4n) is 7.14. The maximum Gasteiger partial charge on any atom is 0.189 e. The SMILES string of the molecule is [C-]#[N+]c1ccc2c3ccccc3n(-c3cccc(-c4cc(-c5ccccc5)cc(-n5c6ccccc6c6ccc([N+]#[C-])cc65)c4)c3)c2c1. The van der Waals surface area contributed by atoms with Crippen LogP contribution in [0, 0.1) is 13.1 Å². The Morgan fingerprint density at radius 3 is 1.42 bits per heavy atom. The highest BCUT2D eigenvalue weighted by Crippen LogP contribution is 2.39. The van der Waals surface area contributed by atoms with Crippen LogP contribution < -0.4 is 0 Å².